The maximum absolute atomic E-state index is 12.7. The molecule has 2 aromatic rings. The highest BCUT2D eigenvalue weighted by molar-refractivity contribution is 6.04. The average Bonchev–Trinajstić information content (AvgIpc) is 2.79. The van der Waals surface area contributed by atoms with Gasteiger partial charge in [-0.1, -0.05) is 19.3 Å². The van der Waals surface area contributed by atoms with Crippen molar-refractivity contribution in [2.45, 2.75) is 45.1 Å². The van der Waals surface area contributed by atoms with Crippen LogP contribution in [0.3, 0.4) is 0 Å². The highest BCUT2D eigenvalue weighted by Gasteiger charge is 2.18. The summed E-state index contributed by atoms with van der Waals surface area (Å²) < 4.78 is 5.34. The Balaban J connectivity index is 1.58. The largest absolute Gasteiger partial charge is 0.484 e. The van der Waals surface area contributed by atoms with Crippen LogP contribution in [0.2, 0.25) is 0 Å². The Kier molecular flexibility index (Phi) is 7.70. The lowest BCUT2D eigenvalue weighted by molar-refractivity contribution is -0.121. The molecule has 32 heavy (non-hydrogen) atoms. The summed E-state index contributed by atoms with van der Waals surface area (Å²) in [4.78, 5) is 37.1. The van der Waals surface area contributed by atoms with E-state index in [4.69, 9.17) is 10.5 Å². The third-order valence-corrected chi connectivity index (χ3v) is 5.74. The molecule has 0 aromatic heterocycles. The molecule has 0 saturated heterocycles. The van der Waals surface area contributed by atoms with E-state index in [-0.39, 0.29) is 12.5 Å². The number of imide groups is 1. The molecule has 2 aromatic carbocycles. The fourth-order valence-electron chi connectivity index (χ4n) is 3.91. The Morgan fingerprint density at radius 1 is 1.06 bits per heavy atom. The molecule has 0 unspecified atom stereocenters. The molecule has 0 aliphatic heterocycles. The number of ether oxygens (including phenoxy) is 1. The fraction of sp³-hybridized carbons (Fsp3) is 0.375. The maximum atomic E-state index is 12.7. The van der Waals surface area contributed by atoms with E-state index in [0.29, 0.717) is 23.0 Å². The molecule has 8 nitrogen and oxygen atoms in total. The maximum Gasteiger partial charge on any atom is 0.318 e. The van der Waals surface area contributed by atoms with E-state index in [0.717, 1.165) is 11.3 Å². The van der Waals surface area contributed by atoms with E-state index in [2.05, 4.69) is 17.3 Å². The van der Waals surface area contributed by atoms with Gasteiger partial charge in [0.2, 0.25) is 0 Å². The third kappa shape index (κ3) is 6.23. The Bertz CT molecular complexity index is 968. The molecule has 0 radical (unpaired) electrons. The molecule has 0 atom stereocenters. The van der Waals surface area contributed by atoms with E-state index in [1.54, 1.807) is 18.2 Å². The molecule has 0 heterocycles. The van der Waals surface area contributed by atoms with Crippen molar-refractivity contribution in [1.82, 2.24) is 5.32 Å². The zero-order valence-electron chi connectivity index (χ0n) is 18.5. The van der Waals surface area contributed by atoms with Gasteiger partial charge in [-0.2, -0.15) is 0 Å². The molecule has 1 fully saturated rings. The SMILES string of the molecule is Cc1cc(OCC(=O)NC(N)=O)ccc1NC(=O)c1ccc(N(C)C2CCCCC2)cc1. The van der Waals surface area contributed by atoms with Crippen LogP contribution < -0.4 is 26.0 Å². The number of carbonyl (C=O) groups excluding carboxylic acids is 3. The first-order valence-electron chi connectivity index (χ1n) is 10.8. The summed E-state index contributed by atoms with van der Waals surface area (Å²) in [5.74, 6) is -0.394. The monoisotopic (exact) mass is 438 g/mol. The number of primary amides is 1. The number of nitrogens with two attached hydrogens (primary N) is 1. The second kappa shape index (κ2) is 10.7. The van der Waals surface area contributed by atoms with Gasteiger partial charge < -0.3 is 20.7 Å². The molecule has 4 amide bonds. The summed E-state index contributed by atoms with van der Waals surface area (Å²) in [6.45, 7) is 1.49. The lowest BCUT2D eigenvalue weighted by Crippen LogP contribution is -2.38. The van der Waals surface area contributed by atoms with Gasteiger partial charge in [0.15, 0.2) is 6.61 Å². The van der Waals surface area contributed by atoms with Gasteiger partial charge in [-0.3, -0.25) is 14.9 Å². The normalized spacial score (nSPS) is 13.8. The van der Waals surface area contributed by atoms with Gasteiger partial charge in [-0.15, -0.1) is 0 Å². The number of nitrogens with zero attached hydrogens (tertiary/aromatic N) is 1. The number of amides is 4. The van der Waals surface area contributed by atoms with Gasteiger partial charge in [0.25, 0.3) is 11.8 Å². The number of urea groups is 1. The van der Waals surface area contributed by atoms with Crippen LogP contribution in [0.25, 0.3) is 0 Å². The van der Waals surface area contributed by atoms with Gasteiger partial charge >= 0.3 is 6.03 Å². The number of benzene rings is 2. The van der Waals surface area contributed by atoms with Crippen molar-refractivity contribution in [3.05, 3.63) is 53.6 Å². The summed E-state index contributed by atoms with van der Waals surface area (Å²) in [6.07, 6.45) is 6.31. The lowest BCUT2D eigenvalue weighted by Gasteiger charge is -2.33. The number of anilines is 2. The lowest BCUT2D eigenvalue weighted by atomic mass is 9.94. The summed E-state index contributed by atoms with van der Waals surface area (Å²) in [7, 11) is 2.12. The van der Waals surface area contributed by atoms with E-state index in [1.165, 1.54) is 32.1 Å². The summed E-state index contributed by atoms with van der Waals surface area (Å²) in [6, 6.07) is 12.4. The topological polar surface area (TPSA) is 114 Å². The van der Waals surface area contributed by atoms with Crippen LogP contribution in [0.5, 0.6) is 5.75 Å². The zero-order valence-corrected chi connectivity index (χ0v) is 18.5. The quantitative estimate of drug-likeness (QED) is 0.611. The van der Waals surface area contributed by atoms with Crippen LogP contribution in [0.1, 0.15) is 48.0 Å². The van der Waals surface area contributed by atoms with Gasteiger partial charge in [0.1, 0.15) is 5.75 Å². The molecule has 8 heteroatoms. The van der Waals surface area contributed by atoms with E-state index >= 15 is 0 Å². The molecular weight excluding hydrogens is 408 g/mol. The molecule has 170 valence electrons. The van der Waals surface area contributed by atoms with Crippen molar-refractivity contribution in [3.8, 4) is 5.75 Å². The van der Waals surface area contributed by atoms with Crippen LogP contribution in [0.4, 0.5) is 16.2 Å². The number of nitrogens with one attached hydrogen (secondary N) is 2. The van der Waals surface area contributed by atoms with Gasteiger partial charge in [-0.05, 0) is 67.8 Å². The second-order valence-corrected chi connectivity index (χ2v) is 8.08. The van der Waals surface area contributed by atoms with E-state index in [9.17, 15) is 14.4 Å². The fourth-order valence-corrected chi connectivity index (χ4v) is 3.91. The van der Waals surface area contributed by atoms with Gasteiger partial charge in [0.05, 0.1) is 0 Å². The summed E-state index contributed by atoms with van der Waals surface area (Å²) in [5, 5.41) is 4.84. The predicted octanol–water partition coefficient (Wildman–Crippen LogP) is 3.59. The third-order valence-electron chi connectivity index (χ3n) is 5.74. The molecule has 0 spiro atoms. The van der Waals surface area contributed by atoms with Crippen LogP contribution in [0.15, 0.2) is 42.5 Å². The van der Waals surface area contributed by atoms with Crippen LogP contribution in [-0.2, 0) is 4.79 Å². The Labute approximate surface area is 188 Å². The van der Waals surface area contributed by atoms with Crippen molar-refractivity contribution < 1.29 is 19.1 Å². The van der Waals surface area contributed by atoms with E-state index in [1.807, 2.05) is 36.5 Å². The smallest absolute Gasteiger partial charge is 0.318 e. The molecule has 1 aliphatic rings. The minimum absolute atomic E-state index is 0.200. The highest BCUT2D eigenvalue weighted by atomic mass is 16.5. The molecular formula is C24H30N4O4. The van der Waals surface area contributed by atoms with Gasteiger partial charge in [-0.25, -0.2) is 4.79 Å². The second-order valence-electron chi connectivity index (χ2n) is 8.08. The molecule has 4 N–H and O–H groups in total. The first-order chi connectivity index (χ1) is 15.3. The number of hydrogen-bond donors (Lipinski definition) is 3. The van der Waals surface area contributed by atoms with Gasteiger partial charge in [0, 0.05) is 30.0 Å². The van der Waals surface area contributed by atoms with Crippen molar-refractivity contribution in [3.63, 3.8) is 0 Å². The minimum Gasteiger partial charge on any atom is -0.484 e. The van der Waals surface area contributed by atoms with Crippen molar-refractivity contribution in [1.29, 1.82) is 0 Å². The predicted molar refractivity (Wildman–Crippen MR) is 124 cm³/mol. The Morgan fingerprint density at radius 3 is 2.38 bits per heavy atom. The van der Waals surface area contributed by atoms with Crippen molar-refractivity contribution in [2.24, 2.45) is 5.73 Å². The Hall–Kier alpha value is -3.55. The molecule has 3 rings (SSSR count). The summed E-state index contributed by atoms with van der Waals surface area (Å²) >= 11 is 0. The molecule has 0 bridgehead atoms. The summed E-state index contributed by atoms with van der Waals surface area (Å²) in [5.41, 5.74) is 8.01. The Morgan fingerprint density at radius 2 is 1.75 bits per heavy atom. The van der Waals surface area contributed by atoms with Crippen LogP contribution in [0, 0.1) is 6.92 Å². The number of aryl methyl sites for hydroxylation is 1. The molecule has 1 aliphatic carbocycles. The van der Waals surface area contributed by atoms with Crippen molar-refractivity contribution in [2.75, 3.05) is 23.9 Å². The minimum atomic E-state index is -0.929. The number of hydrogen-bond acceptors (Lipinski definition) is 5. The average molecular weight is 439 g/mol. The van der Waals surface area contributed by atoms with Crippen LogP contribution in [-0.4, -0.2) is 37.5 Å². The zero-order chi connectivity index (χ0) is 23.1. The van der Waals surface area contributed by atoms with E-state index < -0.39 is 11.9 Å². The number of rotatable bonds is 7. The first-order valence-corrected chi connectivity index (χ1v) is 10.8. The first kappa shape index (κ1) is 23.1. The van der Waals surface area contributed by atoms with Crippen LogP contribution >= 0.6 is 0 Å². The number of carbonyl (C=O) groups is 3. The highest BCUT2D eigenvalue weighted by Crippen LogP contribution is 2.27. The van der Waals surface area contributed by atoms with Crippen molar-refractivity contribution >= 4 is 29.2 Å². The molecule has 1 saturated carbocycles. The standard InChI is InChI=1S/C24H30N4O4/c1-16-14-20(32-15-22(29)27-24(25)31)12-13-21(16)26-23(30)17-8-10-19(11-9-17)28(2)18-6-4-3-5-7-18/h8-14,18H,3-7,15H2,1-2H3,(H,26,30)(H3,25,27,29,31).